The molecule has 3 aromatic carbocycles. The van der Waals surface area contributed by atoms with Gasteiger partial charge in [0.1, 0.15) is 22.7 Å². The van der Waals surface area contributed by atoms with Gasteiger partial charge in [-0.25, -0.2) is 9.59 Å². The van der Waals surface area contributed by atoms with Crippen molar-refractivity contribution in [3.63, 3.8) is 0 Å². The highest BCUT2D eigenvalue weighted by atomic mass is 35.5. The summed E-state index contributed by atoms with van der Waals surface area (Å²) in [5.41, 5.74) is -2.44. The summed E-state index contributed by atoms with van der Waals surface area (Å²) in [4.78, 5) is 26.4. The summed E-state index contributed by atoms with van der Waals surface area (Å²) in [6.45, 7) is 0. The maximum absolute atomic E-state index is 13.2. The summed E-state index contributed by atoms with van der Waals surface area (Å²) in [5, 5.41) is 33.6. The summed E-state index contributed by atoms with van der Waals surface area (Å²) in [6, 6.07) is 12.7. The Morgan fingerprint density at radius 3 is 1.69 bits per heavy atom. The third kappa shape index (κ3) is 3.80. The number of hydrogen-bond acceptors (Lipinski definition) is 8. The van der Waals surface area contributed by atoms with Crippen molar-refractivity contribution in [2.45, 2.75) is 5.92 Å². The van der Waals surface area contributed by atoms with Crippen LogP contribution in [-0.2, 0) is 0 Å². The van der Waals surface area contributed by atoms with Crippen LogP contribution in [0.2, 0.25) is 10.0 Å². The average Bonchev–Trinajstić information content (AvgIpc) is 2.84. The number of phenolic OH excluding ortho intramolecular Hbond substituents is 1. The molecule has 5 aromatic rings. The lowest BCUT2D eigenvalue weighted by molar-refractivity contribution is 0.373. The smallest absolute Gasteiger partial charge is 0.344 e. The van der Waals surface area contributed by atoms with Crippen LogP contribution in [0.15, 0.2) is 73.0 Å². The van der Waals surface area contributed by atoms with Crippen molar-refractivity contribution in [3.8, 4) is 23.0 Å². The van der Waals surface area contributed by atoms with Gasteiger partial charge in [0.05, 0.1) is 34.9 Å². The van der Waals surface area contributed by atoms with Crippen LogP contribution in [-0.4, -0.2) is 22.4 Å². The minimum atomic E-state index is -1.43. The summed E-state index contributed by atoms with van der Waals surface area (Å²) in [5.74, 6) is -2.65. The number of halogens is 2. The van der Waals surface area contributed by atoms with E-state index in [1.54, 1.807) is 0 Å². The molecule has 2 heterocycles. The van der Waals surface area contributed by atoms with Crippen LogP contribution in [0.25, 0.3) is 21.9 Å². The Morgan fingerprint density at radius 1 is 0.750 bits per heavy atom. The SMILES string of the molecule is COc1ccc(C(c2c(O)c3cc(Cl)ccc3oc2=O)c2c(O)c3cc(Cl)ccc3oc2=O)cc1O. The minimum Gasteiger partial charge on any atom is -0.507 e. The van der Waals surface area contributed by atoms with Crippen LogP contribution >= 0.6 is 23.2 Å². The molecule has 182 valence electrons. The summed E-state index contributed by atoms with van der Waals surface area (Å²) >= 11 is 12.2. The molecule has 0 aliphatic rings. The Morgan fingerprint density at radius 2 is 1.25 bits per heavy atom. The average molecular weight is 527 g/mol. The molecule has 0 amide bonds. The standard InChI is InChI=1S/C26H16Cl2O8/c1-34-19-5-2-11(8-16(19)29)20(21-23(30)14-9-12(27)3-6-17(14)35-25(21)32)22-24(31)15-10-13(28)4-7-18(15)36-26(22)33/h2-10,20,29-31H,1H3. The fraction of sp³-hybridized carbons (Fsp3) is 0.0769. The van der Waals surface area contributed by atoms with Gasteiger partial charge in [0, 0.05) is 10.0 Å². The number of aromatic hydroxyl groups is 3. The van der Waals surface area contributed by atoms with Crippen molar-refractivity contribution in [1.29, 1.82) is 0 Å². The van der Waals surface area contributed by atoms with Crippen molar-refractivity contribution >= 4 is 45.1 Å². The van der Waals surface area contributed by atoms with Gasteiger partial charge in [0.2, 0.25) is 0 Å². The van der Waals surface area contributed by atoms with Crippen LogP contribution in [0.5, 0.6) is 23.0 Å². The second kappa shape index (κ2) is 8.82. The second-order valence-electron chi connectivity index (χ2n) is 7.95. The highest BCUT2D eigenvalue weighted by Gasteiger charge is 2.33. The van der Waals surface area contributed by atoms with Crippen molar-refractivity contribution in [2.24, 2.45) is 0 Å². The van der Waals surface area contributed by atoms with Gasteiger partial charge in [-0.1, -0.05) is 29.3 Å². The first-order chi connectivity index (χ1) is 17.2. The number of methoxy groups -OCH3 is 1. The van der Waals surface area contributed by atoms with Crippen LogP contribution in [0.1, 0.15) is 22.6 Å². The zero-order valence-corrected chi connectivity index (χ0v) is 19.9. The molecule has 0 fully saturated rings. The molecule has 0 saturated heterocycles. The molecule has 5 rings (SSSR count). The molecular formula is C26H16Cl2O8. The summed E-state index contributed by atoms with van der Waals surface area (Å²) in [7, 11) is 1.35. The molecule has 8 nitrogen and oxygen atoms in total. The molecule has 0 radical (unpaired) electrons. The topological polar surface area (TPSA) is 130 Å². The highest BCUT2D eigenvalue weighted by molar-refractivity contribution is 6.31. The maximum Gasteiger partial charge on any atom is 0.344 e. The van der Waals surface area contributed by atoms with E-state index >= 15 is 0 Å². The van der Waals surface area contributed by atoms with Gasteiger partial charge in [0.15, 0.2) is 11.5 Å². The number of benzene rings is 3. The number of fused-ring (bicyclic) bond motifs is 2. The lowest BCUT2D eigenvalue weighted by Gasteiger charge is -2.20. The Hall–Kier alpha value is -4.14. The van der Waals surface area contributed by atoms with Gasteiger partial charge in [-0.05, 0) is 54.1 Å². The molecular weight excluding hydrogens is 511 g/mol. The fourth-order valence-electron chi connectivity index (χ4n) is 4.22. The molecule has 0 aliphatic heterocycles. The van der Waals surface area contributed by atoms with Gasteiger partial charge in [-0.2, -0.15) is 0 Å². The van der Waals surface area contributed by atoms with E-state index < -0.39 is 28.7 Å². The summed E-state index contributed by atoms with van der Waals surface area (Å²) < 4.78 is 15.9. The van der Waals surface area contributed by atoms with E-state index in [-0.39, 0.29) is 60.2 Å². The Kier molecular flexibility index (Phi) is 5.78. The van der Waals surface area contributed by atoms with E-state index in [9.17, 15) is 24.9 Å². The van der Waals surface area contributed by atoms with E-state index in [1.807, 2.05) is 0 Å². The molecule has 10 heteroatoms. The molecule has 0 unspecified atom stereocenters. The number of hydrogen-bond donors (Lipinski definition) is 3. The fourth-order valence-corrected chi connectivity index (χ4v) is 4.56. The first kappa shape index (κ1) is 23.6. The molecule has 0 spiro atoms. The zero-order chi connectivity index (χ0) is 25.7. The molecule has 0 aliphatic carbocycles. The lowest BCUT2D eigenvalue weighted by Crippen LogP contribution is -2.21. The van der Waals surface area contributed by atoms with Crippen molar-refractivity contribution in [2.75, 3.05) is 7.11 Å². The van der Waals surface area contributed by atoms with Gasteiger partial charge >= 0.3 is 11.3 Å². The number of rotatable bonds is 4. The van der Waals surface area contributed by atoms with Crippen molar-refractivity contribution in [3.05, 3.63) is 102 Å². The molecule has 3 N–H and O–H groups in total. The maximum atomic E-state index is 13.2. The first-order valence-corrected chi connectivity index (χ1v) is 11.2. The number of phenols is 1. The Bertz CT molecular complexity index is 1680. The van der Waals surface area contributed by atoms with E-state index in [4.69, 9.17) is 36.8 Å². The molecule has 36 heavy (non-hydrogen) atoms. The largest absolute Gasteiger partial charge is 0.507 e. The first-order valence-electron chi connectivity index (χ1n) is 10.5. The van der Waals surface area contributed by atoms with E-state index in [0.717, 1.165) is 0 Å². The van der Waals surface area contributed by atoms with E-state index in [2.05, 4.69) is 0 Å². The van der Waals surface area contributed by atoms with Gasteiger partial charge < -0.3 is 28.9 Å². The van der Waals surface area contributed by atoms with Crippen LogP contribution in [0.3, 0.4) is 0 Å². The second-order valence-corrected chi connectivity index (χ2v) is 8.82. The van der Waals surface area contributed by atoms with Crippen LogP contribution in [0, 0.1) is 0 Å². The monoisotopic (exact) mass is 526 g/mol. The molecule has 0 atom stereocenters. The molecule has 2 aromatic heterocycles. The zero-order valence-electron chi connectivity index (χ0n) is 18.4. The quantitative estimate of drug-likeness (QED) is 0.261. The van der Waals surface area contributed by atoms with Crippen LogP contribution in [0.4, 0.5) is 0 Å². The third-order valence-corrected chi connectivity index (χ3v) is 6.33. The normalized spacial score (nSPS) is 11.4. The van der Waals surface area contributed by atoms with Gasteiger partial charge in [0.25, 0.3) is 0 Å². The van der Waals surface area contributed by atoms with E-state index in [0.29, 0.717) is 0 Å². The highest BCUT2D eigenvalue weighted by Crippen LogP contribution is 2.44. The van der Waals surface area contributed by atoms with E-state index in [1.165, 1.54) is 61.7 Å². The van der Waals surface area contributed by atoms with Crippen molar-refractivity contribution in [1.82, 2.24) is 0 Å². The molecule has 0 saturated carbocycles. The van der Waals surface area contributed by atoms with Crippen LogP contribution < -0.4 is 16.0 Å². The predicted octanol–water partition coefficient (Wildman–Crippen LogP) is 5.51. The minimum absolute atomic E-state index is 0.0588. The van der Waals surface area contributed by atoms with Gasteiger partial charge in [-0.15, -0.1) is 0 Å². The third-order valence-electron chi connectivity index (χ3n) is 5.86. The number of ether oxygens (including phenoxy) is 1. The predicted molar refractivity (Wildman–Crippen MR) is 134 cm³/mol. The lowest BCUT2D eigenvalue weighted by atomic mass is 9.84. The molecule has 0 bridgehead atoms. The van der Waals surface area contributed by atoms with Crippen molar-refractivity contribution < 1.29 is 28.9 Å². The van der Waals surface area contributed by atoms with Gasteiger partial charge in [-0.3, -0.25) is 0 Å². The Balaban J connectivity index is 1.92. The summed E-state index contributed by atoms with van der Waals surface area (Å²) in [6.07, 6.45) is 0. The Labute approximate surface area is 212 Å².